The van der Waals surface area contributed by atoms with Crippen molar-refractivity contribution in [1.29, 1.82) is 0 Å². The van der Waals surface area contributed by atoms with Crippen LogP contribution in [0.1, 0.15) is 21.6 Å². The zero-order chi connectivity index (χ0) is 18.1. The predicted octanol–water partition coefficient (Wildman–Crippen LogP) is 4.43. The number of aldehydes is 1. The lowest BCUT2D eigenvalue weighted by atomic mass is 10.2. The highest BCUT2D eigenvalue weighted by Gasteiger charge is 2.31. The molecule has 0 saturated carbocycles. The van der Waals surface area contributed by atoms with Crippen LogP contribution in [-0.2, 0) is 12.0 Å². The van der Waals surface area contributed by atoms with Gasteiger partial charge in [0.1, 0.15) is 5.69 Å². The number of nitrogens with one attached hydrogen (secondary N) is 1. The number of carbonyl (C=O) groups excluding carboxylic acids is 1. The lowest BCUT2D eigenvalue weighted by Gasteiger charge is -2.13. The second-order valence-corrected chi connectivity index (χ2v) is 6.83. The molecule has 0 spiro atoms. The summed E-state index contributed by atoms with van der Waals surface area (Å²) in [6.07, 6.45) is 0.231. The summed E-state index contributed by atoms with van der Waals surface area (Å²) < 4.78 is 26.6. The fourth-order valence-corrected chi connectivity index (χ4v) is 3.59. The van der Waals surface area contributed by atoms with Gasteiger partial charge < -0.3 is 10.1 Å². The van der Waals surface area contributed by atoms with Crippen LogP contribution in [0.5, 0.6) is 0 Å². The molecule has 4 nitrogen and oxygen atoms in total. The molecule has 0 fully saturated rings. The van der Waals surface area contributed by atoms with E-state index < -0.39 is 16.6 Å². The molecular weight excluding hydrogens is 407 g/mol. The fraction of sp³-hybridized carbons (Fsp3) is 0.143. The van der Waals surface area contributed by atoms with Crippen LogP contribution in [0.3, 0.4) is 0 Å². The van der Waals surface area contributed by atoms with Gasteiger partial charge in [0.25, 0.3) is 5.56 Å². The number of H-pyrrole nitrogens is 1. The van der Waals surface area contributed by atoms with E-state index in [1.165, 1.54) is 12.1 Å². The van der Waals surface area contributed by atoms with Gasteiger partial charge in [0, 0.05) is 9.79 Å². The number of hydrogen-bond acceptors (Lipinski definition) is 4. The SMILES string of the molecule is O=Cc1c(Sc2c(Cl)ccc(CO)c2Cl)cc(C(F)(F)Cl)[nH]c1=O. The van der Waals surface area contributed by atoms with Gasteiger partial charge in [-0.2, -0.15) is 8.78 Å². The molecule has 0 atom stereocenters. The Kier molecular flexibility index (Phi) is 5.93. The predicted molar refractivity (Wildman–Crippen MR) is 88.7 cm³/mol. The van der Waals surface area contributed by atoms with Crippen LogP contribution >= 0.6 is 46.6 Å². The molecule has 1 aromatic heterocycles. The first-order chi connectivity index (χ1) is 11.2. The standard InChI is InChI=1S/C14H8Cl3F2NO3S/c15-8-2-1-6(4-21)11(16)12(8)24-9-3-10(14(17,18)19)20-13(23)7(9)5-22/h1-3,5,21H,4H2,(H,20,23). The molecule has 0 amide bonds. The second-order valence-electron chi connectivity index (χ2n) is 4.52. The molecule has 0 aliphatic heterocycles. The third-order valence-electron chi connectivity index (χ3n) is 2.97. The van der Waals surface area contributed by atoms with Crippen molar-refractivity contribution in [3.63, 3.8) is 0 Å². The topological polar surface area (TPSA) is 70.2 Å². The van der Waals surface area contributed by atoms with E-state index in [-0.39, 0.29) is 38.3 Å². The highest BCUT2D eigenvalue weighted by Crippen LogP contribution is 2.42. The van der Waals surface area contributed by atoms with Crippen molar-refractivity contribution < 1.29 is 18.7 Å². The maximum absolute atomic E-state index is 13.3. The number of rotatable bonds is 5. The molecule has 2 N–H and O–H groups in total. The summed E-state index contributed by atoms with van der Waals surface area (Å²) in [5.41, 5.74) is -1.90. The smallest absolute Gasteiger partial charge is 0.362 e. The number of aromatic nitrogens is 1. The molecule has 0 bridgehead atoms. The molecule has 0 aliphatic carbocycles. The van der Waals surface area contributed by atoms with Gasteiger partial charge in [-0.3, -0.25) is 9.59 Å². The number of benzene rings is 1. The second kappa shape index (κ2) is 7.41. The first kappa shape index (κ1) is 19.2. The van der Waals surface area contributed by atoms with Crippen LogP contribution in [0.4, 0.5) is 8.78 Å². The number of carbonyl (C=O) groups is 1. The first-order valence-electron chi connectivity index (χ1n) is 6.24. The van der Waals surface area contributed by atoms with Crippen molar-refractivity contribution in [2.24, 2.45) is 0 Å². The molecule has 0 saturated heterocycles. The third-order valence-corrected chi connectivity index (χ3v) is 5.33. The maximum atomic E-state index is 13.3. The van der Waals surface area contributed by atoms with Gasteiger partial charge in [-0.1, -0.05) is 41.0 Å². The van der Waals surface area contributed by atoms with Crippen LogP contribution in [0, 0.1) is 0 Å². The van der Waals surface area contributed by atoms with Crippen LogP contribution in [0.25, 0.3) is 0 Å². The van der Waals surface area contributed by atoms with Crippen LogP contribution < -0.4 is 5.56 Å². The van der Waals surface area contributed by atoms with Crippen LogP contribution in [-0.4, -0.2) is 16.4 Å². The van der Waals surface area contributed by atoms with Crippen molar-refractivity contribution in [3.8, 4) is 0 Å². The van der Waals surface area contributed by atoms with Crippen molar-refractivity contribution in [2.45, 2.75) is 21.8 Å². The number of aliphatic hydroxyl groups excluding tert-OH is 1. The lowest BCUT2D eigenvalue weighted by Crippen LogP contribution is -2.20. The Bertz CT molecular complexity index is 852. The van der Waals surface area contributed by atoms with Gasteiger partial charge in [0.05, 0.1) is 22.2 Å². The zero-order valence-electron chi connectivity index (χ0n) is 11.6. The number of aliphatic hydroxyl groups is 1. The Balaban J connectivity index is 2.64. The van der Waals surface area contributed by atoms with Crippen LogP contribution in [0.2, 0.25) is 10.0 Å². The highest BCUT2D eigenvalue weighted by atomic mass is 35.5. The number of halogens is 5. The number of alkyl halides is 3. The van der Waals surface area contributed by atoms with Gasteiger partial charge >= 0.3 is 5.38 Å². The number of hydrogen-bond donors (Lipinski definition) is 2. The van der Waals surface area contributed by atoms with Gasteiger partial charge in [-0.15, -0.1) is 0 Å². The Morgan fingerprint density at radius 3 is 2.54 bits per heavy atom. The molecule has 0 radical (unpaired) electrons. The van der Waals surface area contributed by atoms with Gasteiger partial charge in [-0.25, -0.2) is 0 Å². The zero-order valence-corrected chi connectivity index (χ0v) is 14.7. The number of pyridine rings is 1. The largest absolute Gasteiger partial charge is 0.392 e. The van der Waals surface area contributed by atoms with Crippen LogP contribution in [0.15, 0.2) is 32.8 Å². The minimum atomic E-state index is -3.82. The minimum absolute atomic E-state index is 0.0892. The van der Waals surface area contributed by atoms with E-state index in [0.717, 1.165) is 17.8 Å². The molecule has 0 unspecified atom stereocenters. The van der Waals surface area contributed by atoms with E-state index in [1.807, 2.05) is 4.98 Å². The highest BCUT2D eigenvalue weighted by molar-refractivity contribution is 7.99. The summed E-state index contributed by atoms with van der Waals surface area (Å²) in [4.78, 5) is 24.9. The fourth-order valence-electron chi connectivity index (χ4n) is 1.79. The molecule has 2 aromatic rings. The monoisotopic (exact) mass is 413 g/mol. The van der Waals surface area contributed by atoms with Crippen molar-refractivity contribution >= 4 is 52.9 Å². The Morgan fingerprint density at radius 1 is 1.33 bits per heavy atom. The molecule has 24 heavy (non-hydrogen) atoms. The average Bonchev–Trinajstić information content (AvgIpc) is 2.50. The van der Waals surface area contributed by atoms with E-state index in [2.05, 4.69) is 0 Å². The summed E-state index contributed by atoms with van der Waals surface area (Å²) in [6, 6.07) is 3.82. The van der Waals surface area contributed by atoms with Crippen molar-refractivity contribution in [2.75, 3.05) is 0 Å². The Hall–Kier alpha value is -1.12. The van der Waals surface area contributed by atoms with Gasteiger partial charge in [-0.05, 0) is 29.3 Å². The maximum Gasteiger partial charge on any atom is 0.362 e. The van der Waals surface area contributed by atoms with Gasteiger partial charge in [0.15, 0.2) is 6.29 Å². The molecule has 128 valence electrons. The van der Waals surface area contributed by atoms with E-state index in [9.17, 15) is 23.5 Å². The van der Waals surface area contributed by atoms with Crippen molar-refractivity contribution in [3.05, 3.63) is 55.4 Å². The average molecular weight is 415 g/mol. The first-order valence-corrected chi connectivity index (χ1v) is 8.19. The Labute approximate surface area is 153 Å². The summed E-state index contributed by atoms with van der Waals surface area (Å²) in [7, 11) is 0. The molecular formula is C14H8Cl3F2NO3S. The van der Waals surface area contributed by atoms with E-state index in [0.29, 0.717) is 5.56 Å². The summed E-state index contributed by atoms with van der Waals surface area (Å²) in [5.74, 6) is 0. The molecule has 10 heteroatoms. The van der Waals surface area contributed by atoms with E-state index >= 15 is 0 Å². The quantitative estimate of drug-likeness (QED) is 0.561. The summed E-state index contributed by atoms with van der Waals surface area (Å²) in [5, 5.41) is 5.66. The molecule has 1 aromatic carbocycles. The minimum Gasteiger partial charge on any atom is -0.392 e. The van der Waals surface area contributed by atoms with E-state index in [4.69, 9.17) is 34.8 Å². The summed E-state index contributed by atoms with van der Waals surface area (Å²) >= 11 is 17.8. The van der Waals surface area contributed by atoms with E-state index in [1.54, 1.807) is 0 Å². The number of aromatic amines is 1. The Morgan fingerprint density at radius 2 is 2.00 bits per heavy atom. The van der Waals surface area contributed by atoms with Gasteiger partial charge in [0.2, 0.25) is 0 Å². The molecule has 2 rings (SSSR count). The van der Waals surface area contributed by atoms with Crippen molar-refractivity contribution in [1.82, 2.24) is 4.98 Å². The normalized spacial score (nSPS) is 11.6. The molecule has 0 aliphatic rings. The lowest BCUT2D eigenvalue weighted by molar-refractivity contribution is 0.0891. The summed E-state index contributed by atoms with van der Waals surface area (Å²) in [6.45, 7) is -0.371. The molecule has 1 heterocycles. The third kappa shape index (κ3) is 3.92.